The van der Waals surface area contributed by atoms with E-state index in [-0.39, 0.29) is 0 Å². The fraction of sp³-hybridized carbons (Fsp3) is 0.190. The molecule has 4 aromatic heterocycles. The van der Waals surface area contributed by atoms with Gasteiger partial charge in [0, 0.05) is 46.4 Å². The van der Waals surface area contributed by atoms with E-state index in [0.717, 1.165) is 34.2 Å². The van der Waals surface area contributed by atoms with Crippen molar-refractivity contribution in [3.8, 4) is 44.6 Å². The molecule has 0 aliphatic carbocycles. The van der Waals surface area contributed by atoms with E-state index in [0.29, 0.717) is 0 Å². The average Bonchev–Trinajstić information content (AvgIpc) is 0.896. The number of fused-ring (bicyclic) bond motifs is 2. The minimum absolute atomic E-state index is 1.05. The van der Waals surface area contributed by atoms with Crippen molar-refractivity contribution in [2.45, 2.75) is 152 Å². The van der Waals surface area contributed by atoms with Gasteiger partial charge in [-0.05, 0) is 272 Å². The molecule has 0 N–H and O–H groups in total. The summed E-state index contributed by atoms with van der Waals surface area (Å²) in [7, 11) is 0. The van der Waals surface area contributed by atoms with Gasteiger partial charge in [0.1, 0.15) is 0 Å². The van der Waals surface area contributed by atoms with Gasteiger partial charge in [0.15, 0.2) is 0 Å². The van der Waals surface area contributed by atoms with E-state index in [2.05, 4.69) is 434 Å². The standard InChI is InChI=1S/3C14H14.C13H13N.2C12H12.2C8H10.3C7H9N/c1-11-3-7-13(8-4-11)14-9-5-12(2)6-10-14;1-11-5-3-7-13(9-11)14-8-4-6-12(2)10-14;1-11-6-8-13(9-7-11)14-5-3-4-12(2)10-14;1-10-6-8-12(9-7-10)13-5-3-4-11(2)14-13;1-9-3-5-12-8-10(2)4-6-11(12)7-9;1-9-5-3-8-12-10(2)6-4-7-11(9)12;1-7-3-5-8(2)6-4-7;1-7-4-3-5-8(2)6-7;1-6-3-4-8-7(2)5-6;1-6-3-4-7(2)8-5-6;1-6-4-3-5-7(2)8-6/h3*3-10H,1-2H3;3-9H,1-2H3;2*3-8H,1-2H3;2*3-6H,1-2H3;3*3-5H,1-2H3. The Morgan fingerprint density at radius 1 is 0.158 bits per heavy atom. The summed E-state index contributed by atoms with van der Waals surface area (Å²) in [4.78, 5) is 16.8. The first-order valence-electron chi connectivity index (χ1n) is 41.6. The van der Waals surface area contributed by atoms with Gasteiger partial charge in [0.25, 0.3) is 0 Å². The molecule has 0 bridgehead atoms. The second-order valence-corrected chi connectivity index (χ2v) is 31.5. The van der Waals surface area contributed by atoms with E-state index in [1.54, 1.807) is 0 Å². The molecule has 0 saturated carbocycles. The minimum atomic E-state index is 1.05. The molecule has 17 aromatic rings. The molecule has 0 radical (unpaired) electrons. The quantitative estimate of drug-likeness (QED) is 0.176. The van der Waals surface area contributed by atoms with Crippen LogP contribution in [0, 0.1) is 152 Å². The summed E-state index contributed by atoms with van der Waals surface area (Å²) in [5.74, 6) is 0. The molecule has 0 aliphatic heterocycles. The number of hydrogen-bond donors (Lipinski definition) is 0. The van der Waals surface area contributed by atoms with Gasteiger partial charge in [-0.15, -0.1) is 0 Å². The van der Waals surface area contributed by atoms with Crippen LogP contribution in [0.4, 0.5) is 0 Å². The normalized spacial score (nSPS) is 9.92. The Morgan fingerprint density at radius 2 is 0.450 bits per heavy atom. The van der Waals surface area contributed by atoms with Crippen molar-refractivity contribution in [1.82, 2.24) is 19.9 Å². The number of aromatic nitrogens is 4. The van der Waals surface area contributed by atoms with E-state index in [1.165, 1.54) is 155 Å². The van der Waals surface area contributed by atoms with Gasteiger partial charge in [-0.3, -0.25) is 19.9 Å². The zero-order valence-electron chi connectivity index (χ0n) is 75.4. The lowest BCUT2D eigenvalue weighted by Gasteiger charge is -2.03. The topological polar surface area (TPSA) is 51.6 Å². The molecule has 0 atom stereocenters. The molecule has 610 valence electrons. The first kappa shape index (κ1) is 94.1. The average molecular weight is 1580 g/mol. The molecule has 0 fully saturated rings. The van der Waals surface area contributed by atoms with Crippen LogP contribution in [0.1, 0.15) is 123 Å². The molecule has 0 aliphatic rings. The second kappa shape index (κ2) is 49.9. The Morgan fingerprint density at radius 3 is 0.758 bits per heavy atom. The van der Waals surface area contributed by atoms with Gasteiger partial charge in [-0.1, -0.05) is 382 Å². The molecule has 0 amide bonds. The van der Waals surface area contributed by atoms with Crippen LogP contribution in [0.5, 0.6) is 0 Å². The predicted octanol–water partition coefficient (Wildman–Crippen LogP) is 31.9. The van der Waals surface area contributed by atoms with E-state index in [9.17, 15) is 0 Å². The molecule has 4 heteroatoms. The van der Waals surface area contributed by atoms with Gasteiger partial charge in [-0.25, -0.2) is 0 Å². The number of benzene rings is 13. The Bertz CT molecular complexity index is 5380. The maximum atomic E-state index is 4.47. The zero-order valence-corrected chi connectivity index (χ0v) is 75.4. The third-order valence-corrected chi connectivity index (χ3v) is 19.5. The largest absolute Gasteiger partial charge is 0.262 e. The van der Waals surface area contributed by atoms with Crippen LogP contribution in [0.15, 0.2) is 364 Å². The van der Waals surface area contributed by atoms with E-state index in [1.807, 2.05) is 102 Å². The summed E-state index contributed by atoms with van der Waals surface area (Å²) in [5.41, 5.74) is 37.7. The molecular formula is C116H126N4. The molecule has 4 heterocycles. The van der Waals surface area contributed by atoms with E-state index >= 15 is 0 Å². The van der Waals surface area contributed by atoms with Crippen molar-refractivity contribution >= 4 is 21.5 Å². The highest BCUT2D eigenvalue weighted by molar-refractivity contribution is 5.88. The van der Waals surface area contributed by atoms with Gasteiger partial charge < -0.3 is 0 Å². The number of aryl methyl sites for hydroxylation is 22. The molecule has 0 unspecified atom stereocenters. The van der Waals surface area contributed by atoms with E-state index < -0.39 is 0 Å². The van der Waals surface area contributed by atoms with Gasteiger partial charge in [-0.2, -0.15) is 0 Å². The van der Waals surface area contributed by atoms with Gasteiger partial charge >= 0.3 is 0 Å². The van der Waals surface area contributed by atoms with Crippen LogP contribution in [-0.4, -0.2) is 19.9 Å². The van der Waals surface area contributed by atoms with Crippen LogP contribution < -0.4 is 0 Å². The number of hydrogen-bond acceptors (Lipinski definition) is 4. The van der Waals surface area contributed by atoms with Crippen LogP contribution in [0.3, 0.4) is 0 Å². The summed E-state index contributed by atoms with van der Waals surface area (Å²) >= 11 is 0. The predicted molar refractivity (Wildman–Crippen MR) is 523 cm³/mol. The minimum Gasteiger partial charge on any atom is -0.262 e. The fourth-order valence-electron chi connectivity index (χ4n) is 12.6. The zero-order chi connectivity index (χ0) is 86.9. The molecule has 13 aromatic carbocycles. The molecule has 0 spiro atoms. The van der Waals surface area contributed by atoms with Crippen LogP contribution in [0.25, 0.3) is 66.2 Å². The lowest BCUT2D eigenvalue weighted by molar-refractivity contribution is 1.12. The second-order valence-electron chi connectivity index (χ2n) is 31.5. The summed E-state index contributed by atoms with van der Waals surface area (Å²) in [6.45, 7) is 45.8. The van der Waals surface area contributed by atoms with Crippen LogP contribution in [0.2, 0.25) is 0 Å². The number of pyridine rings is 4. The molecule has 0 saturated heterocycles. The smallest absolute Gasteiger partial charge is 0.0705 e. The Hall–Kier alpha value is -13.0. The van der Waals surface area contributed by atoms with Gasteiger partial charge in [0.05, 0.1) is 5.69 Å². The highest BCUT2D eigenvalue weighted by Crippen LogP contribution is 2.26. The maximum Gasteiger partial charge on any atom is 0.0705 e. The van der Waals surface area contributed by atoms with Crippen molar-refractivity contribution in [1.29, 1.82) is 0 Å². The van der Waals surface area contributed by atoms with E-state index in [4.69, 9.17) is 0 Å². The summed E-state index contributed by atoms with van der Waals surface area (Å²) in [5, 5.41) is 5.41. The summed E-state index contributed by atoms with van der Waals surface area (Å²) in [6.07, 6.45) is 3.69. The van der Waals surface area contributed by atoms with Crippen molar-refractivity contribution in [3.05, 3.63) is 487 Å². The van der Waals surface area contributed by atoms with Crippen molar-refractivity contribution in [3.63, 3.8) is 0 Å². The van der Waals surface area contributed by atoms with Crippen molar-refractivity contribution in [2.75, 3.05) is 0 Å². The first-order chi connectivity index (χ1) is 57.5. The Labute approximate surface area is 721 Å². The molecular weight excluding hydrogens is 1450 g/mol. The van der Waals surface area contributed by atoms with Crippen LogP contribution in [-0.2, 0) is 0 Å². The highest BCUT2D eigenvalue weighted by atomic mass is 14.7. The lowest BCUT2D eigenvalue weighted by Crippen LogP contribution is -1.85. The molecule has 120 heavy (non-hydrogen) atoms. The highest BCUT2D eigenvalue weighted by Gasteiger charge is 2.03. The molecule has 4 nitrogen and oxygen atoms in total. The summed E-state index contributed by atoms with van der Waals surface area (Å²) in [6, 6.07) is 123. The monoisotopic (exact) mass is 1570 g/mol. The molecule has 17 rings (SSSR count). The van der Waals surface area contributed by atoms with Crippen LogP contribution >= 0.6 is 0 Å². The maximum absolute atomic E-state index is 4.47. The Kier molecular flexibility index (Phi) is 39.2. The van der Waals surface area contributed by atoms with Gasteiger partial charge in [0.2, 0.25) is 0 Å². The third kappa shape index (κ3) is 35.4. The Balaban J connectivity index is 0.000000183. The van der Waals surface area contributed by atoms with Crippen molar-refractivity contribution in [2.24, 2.45) is 0 Å². The first-order valence-corrected chi connectivity index (χ1v) is 41.6. The number of rotatable bonds is 4. The number of nitrogens with zero attached hydrogens (tertiary/aromatic N) is 4. The SMILES string of the molecule is Cc1ccc(-c2ccc(C)cc2)cc1.Cc1ccc(-c2cccc(C)c2)cc1.Cc1ccc(-c2cccc(C)n2)cc1.Cc1ccc(C)cc1.Cc1ccc(C)nc1.Cc1ccc2cc(C)ccc2c1.Cc1cccc(-c2cccc(C)c2)c1.Cc1cccc(C)c1.Cc1cccc(C)n1.Cc1cccc2c(C)cccc12.Cc1ccnc(C)c1. The fourth-order valence-corrected chi connectivity index (χ4v) is 12.6. The lowest BCUT2D eigenvalue weighted by atomic mass is 10.0. The summed E-state index contributed by atoms with van der Waals surface area (Å²) < 4.78 is 0. The third-order valence-electron chi connectivity index (χ3n) is 19.5. The van der Waals surface area contributed by atoms with Crippen molar-refractivity contribution < 1.29 is 0 Å².